The molecular weight excluding hydrogens is 334 g/mol. The number of rotatable bonds is 7. The van der Waals surface area contributed by atoms with Crippen LogP contribution in [0, 0.1) is 11.6 Å². The summed E-state index contributed by atoms with van der Waals surface area (Å²) in [5.41, 5.74) is -0.0507. The summed E-state index contributed by atoms with van der Waals surface area (Å²) in [4.78, 5) is 11.7. The molecule has 2 N–H and O–H groups in total. The number of carbonyl (C=O) groups excluding carboxylic acids is 1. The lowest BCUT2D eigenvalue weighted by Gasteiger charge is -2.16. The first-order chi connectivity index (χ1) is 9.45. The molecule has 0 heterocycles. The highest BCUT2D eigenvalue weighted by Crippen LogP contribution is 2.23. The number of benzene rings is 1. The largest absolute Gasteiger partial charge is 0.385 e. The second-order valence-electron chi connectivity index (χ2n) is 4.25. The van der Waals surface area contributed by atoms with Crippen molar-refractivity contribution in [2.24, 2.45) is 0 Å². The molecule has 4 nitrogen and oxygen atoms in total. The van der Waals surface area contributed by atoms with E-state index in [2.05, 4.69) is 26.6 Å². The fourth-order valence-electron chi connectivity index (χ4n) is 1.51. The SMILES string of the molecule is COCCCNC(=O)C(C)Nc1cc(F)c(Br)cc1F. The van der Waals surface area contributed by atoms with Crippen LogP contribution >= 0.6 is 15.9 Å². The molecule has 1 amide bonds. The second kappa shape index (κ2) is 8.16. The van der Waals surface area contributed by atoms with Gasteiger partial charge in [0.25, 0.3) is 0 Å². The van der Waals surface area contributed by atoms with Gasteiger partial charge in [0.2, 0.25) is 5.91 Å². The van der Waals surface area contributed by atoms with Crippen molar-refractivity contribution in [2.45, 2.75) is 19.4 Å². The third-order valence-electron chi connectivity index (χ3n) is 2.60. The van der Waals surface area contributed by atoms with Gasteiger partial charge in [-0.05, 0) is 35.3 Å². The van der Waals surface area contributed by atoms with Gasteiger partial charge in [-0.15, -0.1) is 0 Å². The molecule has 0 bridgehead atoms. The monoisotopic (exact) mass is 350 g/mol. The van der Waals surface area contributed by atoms with E-state index in [9.17, 15) is 13.6 Å². The Hall–Kier alpha value is -1.21. The number of ether oxygens (including phenoxy) is 1. The Bertz CT molecular complexity index is 472. The molecule has 7 heteroatoms. The van der Waals surface area contributed by atoms with Gasteiger partial charge in [-0.1, -0.05) is 0 Å². The van der Waals surface area contributed by atoms with Crippen molar-refractivity contribution in [3.63, 3.8) is 0 Å². The molecule has 0 radical (unpaired) electrons. The van der Waals surface area contributed by atoms with Gasteiger partial charge in [-0.3, -0.25) is 4.79 Å². The van der Waals surface area contributed by atoms with Crippen LogP contribution in [0.25, 0.3) is 0 Å². The van der Waals surface area contributed by atoms with Gasteiger partial charge in [0.15, 0.2) is 0 Å². The lowest BCUT2D eigenvalue weighted by molar-refractivity contribution is -0.121. The average Bonchev–Trinajstić information content (AvgIpc) is 2.40. The molecule has 0 aliphatic carbocycles. The third-order valence-corrected chi connectivity index (χ3v) is 3.21. The predicted molar refractivity (Wildman–Crippen MR) is 76.6 cm³/mol. The fraction of sp³-hybridized carbons (Fsp3) is 0.462. The number of carbonyl (C=O) groups is 1. The molecular formula is C13H17BrF2N2O2. The van der Waals surface area contributed by atoms with Crippen LogP contribution in [0.5, 0.6) is 0 Å². The molecule has 1 atom stereocenters. The van der Waals surface area contributed by atoms with Crippen LogP contribution in [0.3, 0.4) is 0 Å². The lowest BCUT2D eigenvalue weighted by Crippen LogP contribution is -2.38. The first-order valence-electron chi connectivity index (χ1n) is 6.13. The number of methoxy groups -OCH3 is 1. The molecule has 0 saturated heterocycles. The Morgan fingerprint density at radius 2 is 2.10 bits per heavy atom. The number of anilines is 1. The van der Waals surface area contributed by atoms with E-state index in [0.717, 1.165) is 12.1 Å². The van der Waals surface area contributed by atoms with Crippen LogP contribution in [0.2, 0.25) is 0 Å². The smallest absolute Gasteiger partial charge is 0.242 e. The molecule has 0 aromatic heterocycles. The summed E-state index contributed by atoms with van der Waals surface area (Å²) in [7, 11) is 1.58. The Balaban J connectivity index is 2.55. The Labute approximate surface area is 125 Å². The summed E-state index contributed by atoms with van der Waals surface area (Å²) >= 11 is 2.89. The molecule has 0 spiro atoms. The summed E-state index contributed by atoms with van der Waals surface area (Å²) < 4.78 is 31.8. The highest BCUT2D eigenvalue weighted by atomic mass is 79.9. The van der Waals surface area contributed by atoms with Crippen molar-refractivity contribution in [3.8, 4) is 0 Å². The van der Waals surface area contributed by atoms with Crippen molar-refractivity contribution >= 4 is 27.5 Å². The summed E-state index contributed by atoms with van der Waals surface area (Å²) in [6, 6.07) is 1.35. The maximum absolute atomic E-state index is 13.6. The van der Waals surface area contributed by atoms with E-state index < -0.39 is 17.7 Å². The standard InChI is InChI=1S/C13H17BrF2N2O2/c1-8(13(19)17-4-3-5-20-2)18-12-7-10(15)9(14)6-11(12)16/h6-8,18H,3-5H2,1-2H3,(H,17,19). The number of halogens is 3. The van der Waals surface area contributed by atoms with Crippen molar-refractivity contribution < 1.29 is 18.3 Å². The highest BCUT2D eigenvalue weighted by molar-refractivity contribution is 9.10. The van der Waals surface area contributed by atoms with Gasteiger partial charge in [-0.25, -0.2) is 8.78 Å². The molecule has 1 unspecified atom stereocenters. The zero-order valence-electron chi connectivity index (χ0n) is 11.3. The molecule has 0 saturated carbocycles. The fourth-order valence-corrected chi connectivity index (χ4v) is 1.83. The lowest BCUT2D eigenvalue weighted by atomic mass is 10.2. The van der Waals surface area contributed by atoms with Crippen LogP contribution in [-0.2, 0) is 9.53 Å². The highest BCUT2D eigenvalue weighted by Gasteiger charge is 2.15. The topological polar surface area (TPSA) is 50.4 Å². The number of hydrogen-bond acceptors (Lipinski definition) is 3. The van der Waals surface area contributed by atoms with Gasteiger partial charge in [0.05, 0.1) is 10.2 Å². The molecule has 112 valence electrons. The number of nitrogens with one attached hydrogen (secondary N) is 2. The normalized spacial score (nSPS) is 12.1. The summed E-state index contributed by atoms with van der Waals surface area (Å²) in [6.07, 6.45) is 0.691. The molecule has 1 rings (SSSR count). The van der Waals surface area contributed by atoms with E-state index in [1.54, 1.807) is 14.0 Å². The summed E-state index contributed by atoms with van der Waals surface area (Å²) in [5, 5.41) is 5.32. The average molecular weight is 351 g/mol. The number of amides is 1. The Morgan fingerprint density at radius 1 is 1.40 bits per heavy atom. The first kappa shape index (κ1) is 16.8. The molecule has 20 heavy (non-hydrogen) atoms. The van der Waals surface area contributed by atoms with E-state index in [1.807, 2.05) is 0 Å². The van der Waals surface area contributed by atoms with E-state index in [0.29, 0.717) is 19.6 Å². The molecule has 0 aliphatic rings. The molecule has 0 fully saturated rings. The van der Waals surface area contributed by atoms with Crippen LogP contribution in [-0.4, -0.2) is 32.2 Å². The van der Waals surface area contributed by atoms with Crippen LogP contribution < -0.4 is 10.6 Å². The minimum absolute atomic E-state index is 0.0391. The summed E-state index contributed by atoms with van der Waals surface area (Å²) in [5.74, 6) is -1.51. The predicted octanol–water partition coefficient (Wildman–Crippen LogP) is 2.68. The quantitative estimate of drug-likeness (QED) is 0.587. The van der Waals surface area contributed by atoms with E-state index in [-0.39, 0.29) is 16.1 Å². The van der Waals surface area contributed by atoms with Crippen molar-refractivity contribution in [2.75, 3.05) is 25.6 Å². The molecule has 0 aliphatic heterocycles. The van der Waals surface area contributed by atoms with Crippen molar-refractivity contribution in [3.05, 3.63) is 28.2 Å². The second-order valence-corrected chi connectivity index (χ2v) is 5.10. The molecule has 1 aromatic rings. The zero-order chi connectivity index (χ0) is 15.1. The van der Waals surface area contributed by atoms with E-state index >= 15 is 0 Å². The maximum Gasteiger partial charge on any atom is 0.242 e. The Morgan fingerprint density at radius 3 is 2.75 bits per heavy atom. The van der Waals surface area contributed by atoms with Crippen molar-refractivity contribution in [1.82, 2.24) is 5.32 Å². The third kappa shape index (κ3) is 5.05. The molecule has 1 aromatic carbocycles. The minimum Gasteiger partial charge on any atom is -0.385 e. The maximum atomic E-state index is 13.6. The van der Waals surface area contributed by atoms with Crippen LogP contribution in [0.1, 0.15) is 13.3 Å². The van der Waals surface area contributed by atoms with Gasteiger partial charge in [0.1, 0.15) is 17.7 Å². The van der Waals surface area contributed by atoms with E-state index in [4.69, 9.17) is 4.74 Å². The van der Waals surface area contributed by atoms with Crippen molar-refractivity contribution in [1.29, 1.82) is 0 Å². The number of hydrogen-bond donors (Lipinski definition) is 2. The van der Waals surface area contributed by atoms with Gasteiger partial charge in [0, 0.05) is 26.3 Å². The van der Waals surface area contributed by atoms with Crippen LogP contribution in [0.15, 0.2) is 16.6 Å². The summed E-state index contributed by atoms with van der Waals surface area (Å²) in [6.45, 7) is 2.59. The van der Waals surface area contributed by atoms with Gasteiger partial charge < -0.3 is 15.4 Å². The first-order valence-corrected chi connectivity index (χ1v) is 6.92. The van der Waals surface area contributed by atoms with Crippen LogP contribution in [0.4, 0.5) is 14.5 Å². The van der Waals surface area contributed by atoms with E-state index in [1.165, 1.54) is 0 Å². The Kier molecular flexibility index (Phi) is 6.87. The van der Waals surface area contributed by atoms with Gasteiger partial charge >= 0.3 is 0 Å². The minimum atomic E-state index is -0.673. The van der Waals surface area contributed by atoms with Gasteiger partial charge in [-0.2, -0.15) is 0 Å². The zero-order valence-corrected chi connectivity index (χ0v) is 12.9.